The van der Waals surface area contributed by atoms with Crippen molar-refractivity contribution in [3.8, 4) is 0 Å². The van der Waals surface area contributed by atoms with Crippen LogP contribution in [0.3, 0.4) is 0 Å². The summed E-state index contributed by atoms with van der Waals surface area (Å²) in [6, 6.07) is 0. The normalized spacial score (nSPS) is 11.4. The van der Waals surface area contributed by atoms with Crippen LogP contribution >= 0.6 is 0 Å². The number of hydrogen-bond donors (Lipinski definition) is 0. The first-order chi connectivity index (χ1) is 9.77. The fraction of sp³-hybridized carbons (Fsp3) is 1.00. The predicted molar refractivity (Wildman–Crippen MR) is 78.3 cm³/mol. The van der Waals surface area contributed by atoms with Crippen LogP contribution in [0.15, 0.2) is 0 Å². The summed E-state index contributed by atoms with van der Waals surface area (Å²) in [6.07, 6.45) is 0. The summed E-state index contributed by atoms with van der Waals surface area (Å²) in [5.41, 5.74) is 0. The summed E-state index contributed by atoms with van der Waals surface area (Å²) < 4.78 is 26.6. The minimum atomic E-state index is 0.590. The Morgan fingerprint density at radius 1 is 0.550 bits per heavy atom. The maximum Gasteiger partial charge on any atom is 0.0701 e. The van der Waals surface area contributed by atoms with Crippen molar-refractivity contribution in [2.24, 2.45) is 0 Å². The van der Waals surface area contributed by atoms with Crippen LogP contribution in [0.25, 0.3) is 0 Å². The first kappa shape index (κ1) is 19.8. The summed E-state index contributed by atoms with van der Waals surface area (Å²) in [5, 5.41) is 0. The van der Waals surface area contributed by atoms with Gasteiger partial charge in [0.1, 0.15) is 0 Å². The molecule has 0 aromatic carbocycles. The third-order valence-electron chi connectivity index (χ3n) is 2.37. The van der Waals surface area contributed by atoms with Gasteiger partial charge in [-0.2, -0.15) is 0 Å². The van der Waals surface area contributed by atoms with Crippen molar-refractivity contribution in [1.29, 1.82) is 0 Å². The zero-order valence-corrected chi connectivity index (χ0v) is 13.3. The standard InChI is InChI=1S/C14H31NO5/c1-4-16-7-8-18-11-12-20-14-13-19-10-9-17-6-5-15(2)3/h4-14H2,1-3H3. The molecule has 0 aromatic heterocycles. The molecule has 6 heteroatoms. The number of rotatable bonds is 16. The molecular weight excluding hydrogens is 262 g/mol. The Hall–Kier alpha value is -0.240. The molecule has 0 fully saturated rings. The largest absolute Gasteiger partial charge is 0.379 e. The molecule has 0 aromatic rings. The number of hydrogen-bond acceptors (Lipinski definition) is 6. The van der Waals surface area contributed by atoms with E-state index in [1.807, 2.05) is 21.0 Å². The van der Waals surface area contributed by atoms with E-state index in [1.54, 1.807) is 0 Å². The van der Waals surface area contributed by atoms with Crippen LogP contribution in [-0.4, -0.2) is 91.6 Å². The SMILES string of the molecule is CCOCCOCCOCCOCCOCCN(C)C. The molecular formula is C14H31NO5. The van der Waals surface area contributed by atoms with Gasteiger partial charge in [0.25, 0.3) is 0 Å². The van der Waals surface area contributed by atoms with Gasteiger partial charge in [-0.05, 0) is 21.0 Å². The quantitative estimate of drug-likeness (QED) is 0.390. The molecule has 0 spiro atoms. The van der Waals surface area contributed by atoms with Gasteiger partial charge in [0, 0.05) is 13.2 Å². The van der Waals surface area contributed by atoms with Crippen molar-refractivity contribution < 1.29 is 23.7 Å². The maximum atomic E-state index is 5.40. The van der Waals surface area contributed by atoms with Crippen LogP contribution in [-0.2, 0) is 23.7 Å². The lowest BCUT2D eigenvalue weighted by Gasteiger charge is -2.10. The van der Waals surface area contributed by atoms with E-state index in [2.05, 4.69) is 4.90 Å². The highest BCUT2D eigenvalue weighted by Crippen LogP contribution is 1.84. The molecule has 0 unspecified atom stereocenters. The molecule has 0 radical (unpaired) electrons. The molecule has 0 rings (SSSR count). The molecule has 0 atom stereocenters. The number of ether oxygens (including phenoxy) is 5. The van der Waals surface area contributed by atoms with E-state index in [0.717, 1.165) is 19.8 Å². The van der Waals surface area contributed by atoms with Crippen LogP contribution in [0, 0.1) is 0 Å². The van der Waals surface area contributed by atoms with Gasteiger partial charge in [-0.3, -0.25) is 0 Å². The van der Waals surface area contributed by atoms with Crippen molar-refractivity contribution in [3.05, 3.63) is 0 Å². The lowest BCUT2D eigenvalue weighted by Crippen LogP contribution is -2.19. The van der Waals surface area contributed by atoms with Crippen LogP contribution in [0.1, 0.15) is 6.92 Å². The number of likely N-dealkylation sites (N-methyl/N-ethyl adjacent to an activating group) is 1. The molecule has 0 aliphatic heterocycles. The number of nitrogens with zero attached hydrogens (tertiary/aromatic N) is 1. The highest BCUT2D eigenvalue weighted by atomic mass is 16.6. The van der Waals surface area contributed by atoms with Crippen molar-refractivity contribution in [3.63, 3.8) is 0 Å². The van der Waals surface area contributed by atoms with E-state index in [0.29, 0.717) is 52.9 Å². The van der Waals surface area contributed by atoms with Crippen molar-refractivity contribution in [2.45, 2.75) is 6.92 Å². The fourth-order valence-corrected chi connectivity index (χ4v) is 1.27. The van der Waals surface area contributed by atoms with Crippen molar-refractivity contribution in [1.82, 2.24) is 4.90 Å². The van der Waals surface area contributed by atoms with Gasteiger partial charge < -0.3 is 28.6 Å². The Morgan fingerprint density at radius 2 is 0.900 bits per heavy atom. The minimum Gasteiger partial charge on any atom is -0.379 e. The van der Waals surface area contributed by atoms with Gasteiger partial charge in [0.05, 0.1) is 59.5 Å². The van der Waals surface area contributed by atoms with E-state index in [1.165, 1.54) is 0 Å². The van der Waals surface area contributed by atoms with E-state index in [9.17, 15) is 0 Å². The van der Waals surface area contributed by atoms with E-state index >= 15 is 0 Å². The van der Waals surface area contributed by atoms with Gasteiger partial charge in [-0.15, -0.1) is 0 Å². The van der Waals surface area contributed by atoms with Crippen molar-refractivity contribution in [2.75, 3.05) is 86.7 Å². The Labute approximate surface area is 123 Å². The zero-order chi connectivity index (χ0) is 14.9. The van der Waals surface area contributed by atoms with Crippen LogP contribution in [0.4, 0.5) is 0 Å². The summed E-state index contributed by atoms with van der Waals surface area (Å²) in [7, 11) is 4.05. The second-order valence-electron chi connectivity index (χ2n) is 4.45. The van der Waals surface area contributed by atoms with Gasteiger partial charge in [-0.1, -0.05) is 0 Å². The summed E-state index contributed by atoms with van der Waals surface area (Å²) >= 11 is 0. The minimum absolute atomic E-state index is 0.590. The fourth-order valence-electron chi connectivity index (χ4n) is 1.27. The van der Waals surface area contributed by atoms with Crippen LogP contribution in [0.5, 0.6) is 0 Å². The Morgan fingerprint density at radius 3 is 1.25 bits per heavy atom. The van der Waals surface area contributed by atoms with Gasteiger partial charge >= 0.3 is 0 Å². The maximum absolute atomic E-state index is 5.40. The van der Waals surface area contributed by atoms with Gasteiger partial charge in [-0.25, -0.2) is 0 Å². The predicted octanol–water partition coefficient (Wildman–Crippen LogP) is 0.651. The summed E-state index contributed by atoms with van der Waals surface area (Å²) in [5.74, 6) is 0. The molecule has 0 bridgehead atoms. The molecule has 0 aliphatic carbocycles. The highest BCUT2D eigenvalue weighted by molar-refractivity contribution is 4.40. The Balaban J connectivity index is 2.92. The molecule has 0 amide bonds. The Bertz CT molecular complexity index is 181. The van der Waals surface area contributed by atoms with Gasteiger partial charge in [0.2, 0.25) is 0 Å². The average molecular weight is 293 g/mol. The first-order valence-corrected chi connectivity index (χ1v) is 7.30. The average Bonchev–Trinajstić information content (AvgIpc) is 2.43. The van der Waals surface area contributed by atoms with Crippen LogP contribution < -0.4 is 0 Å². The molecule has 0 aliphatic rings. The second-order valence-corrected chi connectivity index (χ2v) is 4.45. The van der Waals surface area contributed by atoms with E-state index < -0.39 is 0 Å². The third-order valence-corrected chi connectivity index (χ3v) is 2.37. The summed E-state index contributed by atoms with van der Waals surface area (Å²) in [6.45, 7) is 9.27. The molecule has 0 N–H and O–H groups in total. The molecule has 0 heterocycles. The molecule has 0 saturated heterocycles. The second kappa shape index (κ2) is 16.8. The third kappa shape index (κ3) is 17.8. The first-order valence-electron chi connectivity index (χ1n) is 7.30. The lowest BCUT2D eigenvalue weighted by atomic mass is 10.6. The molecule has 20 heavy (non-hydrogen) atoms. The smallest absolute Gasteiger partial charge is 0.0701 e. The topological polar surface area (TPSA) is 49.4 Å². The van der Waals surface area contributed by atoms with E-state index in [-0.39, 0.29) is 0 Å². The lowest BCUT2D eigenvalue weighted by molar-refractivity contribution is -0.0109. The van der Waals surface area contributed by atoms with Crippen molar-refractivity contribution >= 4 is 0 Å². The monoisotopic (exact) mass is 293 g/mol. The van der Waals surface area contributed by atoms with Crippen LogP contribution in [0.2, 0.25) is 0 Å². The molecule has 122 valence electrons. The van der Waals surface area contributed by atoms with Gasteiger partial charge in [0.15, 0.2) is 0 Å². The Kier molecular flexibility index (Phi) is 16.6. The molecule has 6 nitrogen and oxygen atoms in total. The zero-order valence-electron chi connectivity index (χ0n) is 13.3. The van der Waals surface area contributed by atoms with E-state index in [4.69, 9.17) is 23.7 Å². The highest BCUT2D eigenvalue weighted by Gasteiger charge is 1.93. The molecule has 0 saturated carbocycles. The summed E-state index contributed by atoms with van der Waals surface area (Å²) in [4.78, 5) is 2.09.